The van der Waals surface area contributed by atoms with Gasteiger partial charge in [-0.15, -0.1) is 0 Å². The van der Waals surface area contributed by atoms with Gasteiger partial charge in [0.2, 0.25) is 10.0 Å². The number of fused-ring (bicyclic) bond motifs is 1. The van der Waals surface area contributed by atoms with Gasteiger partial charge in [-0.2, -0.15) is 9.30 Å². The van der Waals surface area contributed by atoms with E-state index in [1.54, 1.807) is 16.4 Å². The zero-order chi connectivity index (χ0) is 23.8. The van der Waals surface area contributed by atoms with Crippen molar-refractivity contribution in [3.8, 4) is 0 Å². The molecule has 1 aliphatic heterocycles. The summed E-state index contributed by atoms with van der Waals surface area (Å²) in [5.41, 5.74) is 1.06. The molecule has 1 atom stereocenters. The molecule has 0 aliphatic carbocycles. The largest absolute Gasteiger partial charge is 0.315 e. The normalized spacial score (nSPS) is 18.2. The van der Waals surface area contributed by atoms with Gasteiger partial charge in [-0.25, -0.2) is 8.42 Å². The van der Waals surface area contributed by atoms with E-state index in [9.17, 15) is 13.2 Å². The van der Waals surface area contributed by atoms with Gasteiger partial charge in [0, 0.05) is 24.7 Å². The van der Waals surface area contributed by atoms with E-state index in [2.05, 4.69) is 4.99 Å². The molecule has 0 radical (unpaired) electrons. The molecule has 176 valence electrons. The van der Waals surface area contributed by atoms with Gasteiger partial charge in [0.05, 0.1) is 25.2 Å². The summed E-state index contributed by atoms with van der Waals surface area (Å²) < 4.78 is 30.6. The highest BCUT2D eigenvalue weighted by Crippen LogP contribution is 2.32. The highest BCUT2D eigenvalue weighted by atomic mass is 35.5. The number of sulfonamides is 1. The lowest BCUT2D eigenvalue weighted by atomic mass is 10.0. The summed E-state index contributed by atoms with van der Waals surface area (Å²) in [4.78, 5) is 17.9. The molecule has 0 saturated carbocycles. The highest BCUT2D eigenvalue weighted by molar-refractivity contribution is 7.89. The lowest BCUT2D eigenvalue weighted by Crippen LogP contribution is -2.43. The first kappa shape index (κ1) is 24.4. The Kier molecular flexibility index (Phi) is 7.31. The maximum absolute atomic E-state index is 13.2. The molecule has 1 amide bonds. The van der Waals surface area contributed by atoms with E-state index in [0.717, 1.165) is 35.9 Å². The maximum Gasteiger partial charge on any atom is 0.279 e. The number of halogens is 2. The van der Waals surface area contributed by atoms with E-state index in [-0.39, 0.29) is 10.9 Å². The molecule has 4 rings (SSSR count). The Morgan fingerprint density at radius 3 is 2.45 bits per heavy atom. The summed E-state index contributed by atoms with van der Waals surface area (Å²) in [5, 5.41) is 1.09. The predicted octanol–water partition coefficient (Wildman–Crippen LogP) is 5.72. The molecular formula is C23H25Cl2N3O3S2. The molecule has 1 aliphatic rings. The van der Waals surface area contributed by atoms with Gasteiger partial charge in [-0.3, -0.25) is 4.79 Å². The first-order chi connectivity index (χ1) is 15.8. The average molecular weight is 527 g/mol. The molecule has 33 heavy (non-hydrogen) atoms. The van der Waals surface area contributed by atoms with Gasteiger partial charge in [-0.1, -0.05) is 47.9 Å². The molecule has 0 bridgehead atoms. The quantitative estimate of drug-likeness (QED) is 0.427. The molecule has 10 heteroatoms. The molecule has 6 nitrogen and oxygen atoms in total. The van der Waals surface area contributed by atoms with Crippen LogP contribution < -0.4 is 4.80 Å². The smallest absolute Gasteiger partial charge is 0.279 e. The van der Waals surface area contributed by atoms with Crippen molar-refractivity contribution >= 4 is 60.7 Å². The van der Waals surface area contributed by atoms with Crippen LogP contribution >= 0.6 is 34.5 Å². The number of benzene rings is 2. The van der Waals surface area contributed by atoms with Crippen molar-refractivity contribution < 1.29 is 13.2 Å². The molecule has 1 fully saturated rings. The van der Waals surface area contributed by atoms with Gasteiger partial charge in [0.25, 0.3) is 5.91 Å². The van der Waals surface area contributed by atoms with E-state index in [4.69, 9.17) is 23.2 Å². The Hall–Kier alpha value is -1.71. The number of aromatic nitrogens is 1. The van der Waals surface area contributed by atoms with Crippen LogP contribution in [0.25, 0.3) is 10.2 Å². The monoisotopic (exact) mass is 525 g/mol. The molecule has 1 aromatic heterocycles. The van der Waals surface area contributed by atoms with Crippen molar-refractivity contribution in [2.75, 3.05) is 6.54 Å². The zero-order valence-electron chi connectivity index (χ0n) is 18.4. The van der Waals surface area contributed by atoms with Crippen LogP contribution in [0.4, 0.5) is 0 Å². The molecule has 2 aromatic carbocycles. The number of hydrogen-bond acceptors (Lipinski definition) is 4. The van der Waals surface area contributed by atoms with E-state index in [1.165, 1.54) is 35.6 Å². The second-order valence-electron chi connectivity index (χ2n) is 7.95. The van der Waals surface area contributed by atoms with Crippen LogP contribution in [-0.2, 0) is 16.6 Å². The Labute approximate surface area is 207 Å². The minimum Gasteiger partial charge on any atom is -0.315 e. The highest BCUT2D eigenvalue weighted by Gasteiger charge is 2.32. The number of piperidine rings is 1. The van der Waals surface area contributed by atoms with Crippen molar-refractivity contribution in [3.63, 3.8) is 0 Å². The van der Waals surface area contributed by atoms with Crippen molar-refractivity contribution in [2.45, 2.75) is 57.0 Å². The van der Waals surface area contributed by atoms with Crippen LogP contribution in [0.5, 0.6) is 0 Å². The molecule has 2 heterocycles. The Bertz CT molecular complexity index is 1360. The number of aryl methyl sites for hydroxylation is 1. The van der Waals surface area contributed by atoms with Gasteiger partial charge in [0.1, 0.15) is 0 Å². The van der Waals surface area contributed by atoms with Crippen LogP contribution in [0.15, 0.2) is 46.3 Å². The molecule has 1 unspecified atom stereocenters. The van der Waals surface area contributed by atoms with Gasteiger partial charge in [0.15, 0.2) is 4.80 Å². The number of nitrogens with zero attached hydrogens (tertiary/aromatic N) is 3. The topological polar surface area (TPSA) is 71.7 Å². The van der Waals surface area contributed by atoms with Crippen LogP contribution in [-0.4, -0.2) is 35.8 Å². The molecule has 3 aromatic rings. The molecular weight excluding hydrogens is 501 g/mol. The summed E-state index contributed by atoms with van der Waals surface area (Å²) >= 11 is 14.0. The van der Waals surface area contributed by atoms with Crippen LogP contribution in [0, 0.1) is 0 Å². The number of hydrogen-bond donors (Lipinski definition) is 0. The Balaban J connectivity index is 1.67. The minimum absolute atomic E-state index is 0.0242. The fraction of sp³-hybridized carbons (Fsp3) is 0.391. The first-order valence-corrected chi connectivity index (χ1v) is 14.0. The molecule has 0 N–H and O–H groups in total. The second-order valence-corrected chi connectivity index (χ2v) is 11.6. The number of carbonyl (C=O) groups is 1. The summed E-state index contributed by atoms with van der Waals surface area (Å²) in [6.45, 7) is 5.05. The fourth-order valence-corrected chi connectivity index (χ4v) is 7.72. The van der Waals surface area contributed by atoms with Crippen molar-refractivity contribution in [1.29, 1.82) is 0 Å². The van der Waals surface area contributed by atoms with Crippen molar-refractivity contribution in [1.82, 2.24) is 8.87 Å². The number of thiazole rings is 1. The van der Waals surface area contributed by atoms with Crippen LogP contribution in [0.1, 0.15) is 49.9 Å². The third-order valence-corrected chi connectivity index (χ3v) is 9.80. The van der Waals surface area contributed by atoms with E-state index >= 15 is 0 Å². The third kappa shape index (κ3) is 4.64. The van der Waals surface area contributed by atoms with Crippen LogP contribution in [0.2, 0.25) is 10.0 Å². The summed E-state index contributed by atoms with van der Waals surface area (Å²) in [6.07, 6.45) is 3.58. The first-order valence-electron chi connectivity index (χ1n) is 11.0. The zero-order valence-corrected chi connectivity index (χ0v) is 21.6. The van der Waals surface area contributed by atoms with E-state index < -0.39 is 15.9 Å². The Morgan fingerprint density at radius 2 is 1.79 bits per heavy atom. The SMILES string of the molecule is CCC1CCCCN1S(=O)(=O)c1ccc(C(=O)N=c2sc3c(Cl)ccc(Cl)c3n2CC)cc1. The van der Waals surface area contributed by atoms with Crippen molar-refractivity contribution in [3.05, 3.63) is 56.8 Å². The van der Waals surface area contributed by atoms with Gasteiger partial charge >= 0.3 is 0 Å². The maximum atomic E-state index is 13.2. The van der Waals surface area contributed by atoms with Gasteiger partial charge in [-0.05, 0) is 62.6 Å². The number of carbonyl (C=O) groups excluding carboxylic acids is 1. The summed E-state index contributed by atoms with van der Waals surface area (Å²) in [6, 6.07) is 9.49. The van der Waals surface area contributed by atoms with E-state index in [1.807, 2.05) is 18.4 Å². The van der Waals surface area contributed by atoms with Gasteiger partial charge < -0.3 is 4.57 Å². The predicted molar refractivity (Wildman–Crippen MR) is 134 cm³/mol. The van der Waals surface area contributed by atoms with Crippen molar-refractivity contribution in [2.24, 2.45) is 4.99 Å². The standard InChI is InChI=1S/C23H25Cl2N3O3S2/c1-3-16-7-5-6-14-28(16)33(30,31)17-10-8-15(9-11-17)22(29)26-23-27(4-2)20-18(24)12-13-19(25)21(20)32-23/h8-13,16H,3-7,14H2,1-2H3. The number of amides is 1. The second kappa shape index (κ2) is 9.88. The van der Waals surface area contributed by atoms with Crippen LogP contribution in [0.3, 0.4) is 0 Å². The molecule has 0 spiro atoms. The Morgan fingerprint density at radius 1 is 1.09 bits per heavy atom. The summed E-state index contributed by atoms with van der Waals surface area (Å²) in [5.74, 6) is -0.454. The summed E-state index contributed by atoms with van der Waals surface area (Å²) in [7, 11) is -3.60. The fourth-order valence-electron chi connectivity index (χ4n) is 4.24. The molecule has 1 saturated heterocycles. The lowest BCUT2D eigenvalue weighted by Gasteiger charge is -2.34. The minimum atomic E-state index is -3.60. The lowest BCUT2D eigenvalue weighted by molar-refractivity contribution is 0.0997. The van der Waals surface area contributed by atoms with E-state index in [0.29, 0.717) is 33.5 Å². The average Bonchev–Trinajstić information content (AvgIpc) is 3.20. The number of rotatable bonds is 5. The third-order valence-electron chi connectivity index (χ3n) is 5.99.